The van der Waals surface area contributed by atoms with Gasteiger partial charge in [-0.15, -0.1) is 0 Å². The fourth-order valence-corrected chi connectivity index (χ4v) is 2.83. The van der Waals surface area contributed by atoms with Crippen LogP contribution in [0.5, 0.6) is 0 Å². The van der Waals surface area contributed by atoms with Gasteiger partial charge in [0.2, 0.25) is 0 Å². The van der Waals surface area contributed by atoms with E-state index in [1.165, 1.54) is 18.4 Å². The number of nitrogens with zero attached hydrogens (tertiary/aromatic N) is 1. The zero-order valence-corrected chi connectivity index (χ0v) is 11.1. The van der Waals surface area contributed by atoms with Gasteiger partial charge >= 0.3 is 5.69 Å². The van der Waals surface area contributed by atoms with E-state index in [2.05, 4.69) is 22.4 Å². The van der Waals surface area contributed by atoms with E-state index in [0.717, 1.165) is 24.5 Å². The van der Waals surface area contributed by atoms with Crippen LogP contribution in [0.3, 0.4) is 0 Å². The number of hydrogen-bond donors (Lipinski definition) is 2. The second-order valence-corrected chi connectivity index (χ2v) is 5.19. The number of hydrogen-bond acceptors (Lipinski definition) is 2. The first-order chi connectivity index (χ1) is 9.25. The molecule has 0 unspecified atom stereocenters. The second kappa shape index (κ2) is 5.05. The minimum Gasteiger partial charge on any atom is -0.317 e. The first-order valence-electron chi connectivity index (χ1n) is 6.84. The summed E-state index contributed by atoms with van der Waals surface area (Å²) in [5.41, 5.74) is 3.17. The van der Waals surface area contributed by atoms with E-state index in [4.69, 9.17) is 0 Å². The normalized spacial score (nSPS) is 16.7. The van der Waals surface area contributed by atoms with Crippen molar-refractivity contribution >= 4 is 0 Å². The van der Waals surface area contributed by atoms with Gasteiger partial charge in [-0.25, -0.2) is 4.79 Å². The van der Waals surface area contributed by atoms with Crippen LogP contribution in [0.1, 0.15) is 30.0 Å². The van der Waals surface area contributed by atoms with E-state index < -0.39 is 0 Å². The summed E-state index contributed by atoms with van der Waals surface area (Å²) < 4.78 is 1.70. The minimum atomic E-state index is -0.0767. The molecule has 0 amide bonds. The van der Waals surface area contributed by atoms with Crippen molar-refractivity contribution in [3.05, 3.63) is 52.2 Å². The van der Waals surface area contributed by atoms with Crippen LogP contribution >= 0.6 is 0 Å². The Bertz CT molecular complexity index is 603. The number of benzene rings is 1. The van der Waals surface area contributed by atoms with Crippen molar-refractivity contribution in [2.24, 2.45) is 0 Å². The van der Waals surface area contributed by atoms with Crippen molar-refractivity contribution in [2.75, 3.05) is 13.1 Å². The van der Waals surface area contributed by atoms with Gasteiger partial charge in [-0.3, -0.25) is 4.57 Å². The van der Waals surface area contributed by atoms with Crippen LogP contribution < -0.4 is 11.0 Å². The summed E-state index contributed by atoms with van der Waals surface area (Å²) >= 11 is 0. The summed E-state index contributed by atoms with van der Waals surface area (Å²) in [7, 11) is 0. The van der Waals surface area contributed by atoms with Gasteiger partial charge in [0.05, 0.1) is 5.69 Å². The summed E-state index contributed by atoms with van der Waals surface area (Å²) in [4.78, 5) is 14.4. The Morgan fingerprint density at radius 1 is 1.16 bits per heavy atom. The Morgan fingerprint density at radius 2 is 1.84 bits per heavy atom. The number of piperidine rings is 1. The SMILES string of the molecule is Cc1c[nH]c(=O)n1-c1ccc(C2CCNCC2)cc1. The first kappa shape index (κ1) is 12.2. The van der Waals surface area contributed by atoms with Crippen molar-refractivity contribution in [2.45, 2.75) is 25.7 Å². The molecule has 0 aliphatic carbocycles. The molecule has 0 saturated carbocycles. The number of aromatic nitrogens is 2. The molecule has 3 rings (SSSR count). The highest BCUT2D eigenvalue weighted by Crippen LogP contribution is 2.25. The average molecular weight is 257 g/mol. The minimum absolute atomic E-state index is 0.0767. The summed E-state index contributed by atoms with van der Waals surface area (Å²) in [6, 6.07) is 8.40. The molecule has 0 bridgehead atoms. The molecule has 0 spiro atoms. The summed E-state index contributed by atoms with van der Waals surface area (Å²) in [5.74, 6) is 0.652. The number of aryl methyl sites for hydroxylation is 1. The molecule has 19 heavy (non-hydrogen) atoms. The first-order valence-corrected chi connectivity index (χ1v) is 6.84. The molecule has 1 aromatic heterocycles. The van der Waals surface area contributed by atoms with Gasteiger partial charge in [0.15, 0.2) is 0 Å². The Hall–Kier alpha value is -1.81. The van der Waals surface area contributed by atoms with Crippen LogP contribution in [0.4, 0.5) is 0 Å². The Morgan fingerprint density at radius 3 is 2.42 bits per heavy atom. The van der Waals surface area contributed by atoms with Gasteiger partial charge in [0.1, 0.15) is 0 Å². The summed E-state index contributed by atoms with van der Waals surface area (Å²) in [5, 5.41) is 3.38. The van der Waals surface area contributed by atoms with Crippen molar-refractivity contribution in [1.82, 2.24) is 14.9 Å². The van der Waals surface area contributed by atoms with E-state index in [0.29, 0.717) is 5.92 Å². The lowest BCUT2D eigenvalue weighted by Crippen LogP contribution is -2.26. The van der Waals surface area contributed by atoms with Gasteiger partial charge in [0.25, 0.3) is 0 Å². The number of rotatable bonds is 2. The third kappa shape index (κ3) is 2.36. The molecular weight excluding hydrogens is 238 g/mol. The second-order valence-electron chi connectivity index (χ2n) is 5.19. The van der Waals surface area contributed by atoms with Gasteiger partial charge in [-0.05, 0) is 56.5 Å². The third-order valence-electron chi connectivity index (χ3n) is 3.92. The lowest BCUT2D eigenvalue weighted by atomic mass is 9.90. The van der Waals surface area contributed by atoms with E-state index in [1.54, 1.807) is 10.8 Å². The molecule has 1 aliphatic rings. The molecule has 4 heteroatoms. The highest BCUT2D eigenvalue weighted by Gasteiger charge is 2.15. The van der Waals surface area contributed by atoms with Crippen LogP contribution in [0.25, 0.3) is 5.69 Å². The maximum absolute atomic E-state index is 11.7. The predicted octanol–water partition coefficient (Wildman–Crippen LogP) is 1.94. The van der Waals surface area contributed by atoms with Crippen molar-refractivity contribution in [1.29, 1.82) is 0 Å². The van der Waals surface area contributed by atoms with E-state index in [1.807, 2.05) is 19.1 Å². The number of nitrogens with one attached hydrogen (secondary N) is 2. The molecule has 2 heterocycles. The fourth-order valence-electron chi connectivity index (χ4n) is 2.83. The number of imidazole rings is 1. The Balaban J connectivity index is 1.88. The molecule has 1 fully saturated rings. The molecule has 1 aliphatic heterocycles. The average Bonchev–Trinajstić information content (AvgIpc) is 2.79. The van der Waals surface area contributed by atoms with Crippen LogP contribution in [0.15, 0.2) is 35.3 Å². The monoisotopic (exact) mass is 257 g/mol. The topological polar surface area (TPSA) is 49.8 Å². The molecule has 1 aromatic carbocycles. The largest absolute Gasteiger partial charge is 0.330 e. The lowest BCUT2D eigenvalue weighted by molar-refractivity contribution is 0.460. The molecule has 4 nitrogen and oxygen atoms in total. The highest BCUT2D eigenvalue weighted by molar-refractivity contribution is 5.37. The lowest BCUT2D eigenvalue weighted by Gasteiger charge is -2.23. The van der Waals surface area contributed by atoms with E-state index in [9.17, 15) is 4.79 Å². The quantitative estimate of drug-likeness (QED) is 0.864. The van der Waals surface area contributed by atoms with E-state index >= 15 is 0 Å². The van der Waals surface area contributed by atoms with Crippen molar-refractivity contribution in [3.63, 3.8) is 0 Å². The summed E-state index contributed by atoms with van der Waals surface area (Å²) in [6.45, 7) is 4.13. The molecule has 100 valence electrons. The Kier molecular flexibility index (Phi) is 3.25. The fraction of sp³-hybridized carbons (Fsp3) is 0.400. The van der Waals surface area contributed by atoms with Gasteiger partial charge in [0, 0.05) is 11.9 Å². The Labute approximate surface area is 112 Å². The van der Waals surface area contributed by atoms with Crippen molar-refractivity contribution < 1.29 is 0 Å². The third-order valence-corrected chi connectivity index (χ3v) is 3.92. The van der Waals surface area contributed by atoms with Crippen LogP contribution in [-0.4, -0.2) is 22.6 Å². The standard InChI is InChI=1S/C15H19N3O/c1-11-10-17-15(19)18(11)14-4-2-12(3-5-14)13-6-8-16-9-7-13/h2-5,10,13,16H,6-9H2,1H3,(H,17,19). The number of H-pyrrole nitrogens is 1. The zero-order chi connectivity index (χ0) is 13.2. The van der Waals surface area contributed by atoms with Crippen LogP contribution in [0, 0.1) is 6.92 Å². The molecule has 2 aromatic rings. The molecule has 2 N–H and O–H groups in total. The van der Waals surface area contributed by atoms with E-state index in [-0.39, 0.29) is 5.69 Å². The van der Waals surface area contributed by atoms with Crippen molar-refractivity contribution in [3.8, 4) is 5.69 Å². The maximum Gasteiger partial charge on any atom is 0.330 e. The smallest absolute Gasteiger partial charge is 0.317 e. The molecular formula is C15H19N3O. The highest BCUT2D eigenvalue weighted by atomic mass is 16.1. The molecule has 0 atom stereocenters. The van der Waals surface area contributed by atoms with Gasteiger partial charge < -0.3 is 10.3 Å². The molecule has 1 saturated heterocycles. The van der Waals surface area contributed by atoms with Crippen LogP contribution in [-0.2, 0) is 0 Å². The maximum atomic E-state index is 11.7. The van der Waals surface area contributed by atoms with Gasteiger partial charge in [-0.1, -0.05) is 12.1 Å². The molecule has 0 radical (unpaired) electrons. The predicted molar refractivity (Wildman–Crippen MR) is 76.0 cm³/mol. The van der Waals surface area contributed by atoms with Gasteiger partial charge in [-0.2, -0.15) is 0 Å². The summed E-state index contributed by atoms with van der Waals surface area (Å²) in [6.07, 6.45) is 4.13. The van der Waals surface area contributed by atoms with Crippen LogP contribution in [0.2, 0.25) is 0 Å². The number of aromatic amines is 1. The zero-order valence-electron chi connectivity index (χ0n) is 11.1.